The summed E-state index contributed by atoms with van der Waals surface area (Å²) >= 11 is 0. The van der Waals surface area contributed by atoms with E-state index in [-0.39, 0.29) is 0 Å². The topological polar surface area (TPSA) is 48.2 Å². The van der Waals surface area contributed by atoms with Crippen LogP contribution in [0.3, 0.4) is 0 Å². The van der Waals surface area contributed by atoms with Crippen LogP contribution in [0.2, 0.25) is 0 Å². The van der Waals surface area contributed by atoms with Crippen LogP contribution in [0.4, 0.5) is 0 Å². The van der Waals surface area contributed by atoms with Gasteiger partial charge in [-0.25, -0.2) is 4.98 Å². The van der Waals surface area contributed by atoms with Crippen molar-refractivity contribution in [3.05, 3.63) is 24.2 Å². The highest BCUT2D eigenvalue weighted by molar-refractivity contribution is 5.66. The number of oxazole rings is 1. The third kappa shape index (κ3) is 1.61. The summed E-state index contributed by atoms with van der Waals surface area (Å²) in [4.78, 5) is 8.56. The predicted molar refractivity (Wildman–Crippen MR) is 54.6 cm³/mol. The van der Waals surface area contributed by atoms with Gasteiger partial charge in [-0.15, -0.1) is 0 Å². The van der Waals surface area contributed by atoms with E-state index >= 15 is 0 Å². The van der Waals surface area contributed by atoms with Crippen molar-refractivity contribution < 1.29 is 9.15 Å². The Labute approximate surface area is 87.3 Å². The molecule has 1 fully saturated rings. The summed E-state index contributed by atoms with van der Waals surface area (Å²) in [5.74, 6) is 1.21. The zero-order chi connectivity index (χ0) is 10.1. The fraction of sp³-hybridized carbons (Fsp3) is 0.455. The fourth-order valence-corrected chi connectivity index (χ4v) is 1.90. The van der Waals surface area contributed by atoms with Crippen molar-refractivity contribution >= 4 is 11.2 Å². The van der Waals surface area contributed by atoms with Gasteiger partial charge in [0.15, 0.2) is 17.1 Å². The highest BCUT2D eigenvalue weighted by Gasteiger charge is 2.21. The van der Waals surface area contributed by atoms with E-state index in [0.717, 1.165) is 37.5 Å². The summed E-state index contributed by atoms with van der Waals surface area (Å²) in [6.45, 7) is 1.60. The largest absolute Gasteiger partial charge is 0.439 e. The molecule has 0 atom stereocenters. The monoisotopic (exact) mass is 204 g/mol. The molecule has 2 aromatic heterocycles. The van der Waals surface area contributed by atoms with Gasteiger partial charge in [0.2, 0.25) is 0 Å². The van der Waals surface area contributed by atoms with E-state index in [1.54, 1.807) is 6.20 Å². The van der Waals surface area contributed by atoms with Crippen LogP contribution in [0, 0.1) is 0 Å². The minimum absolute atomic E-state index is 0.396. The Bertz CT molecular complexity index is 427. The lowest BCUT2D eigenvalue weighted by Gasteiger charge is -2.18. The van der Waals surface area contributed by atoms with Gasteiger partial charge < -0.3 is 9.15 Å². The second kappa shape index (κ2) is 3.62. The van der Waals surface area contributed by atoms with Gasteiger partial charge in [0.05, 0.1) is 0 Å². The van der Waals surface area contributed by atoms with E-state index in [2.05, 4.69) is 9.97 Å². The van der Waals surface area contributed by atoms with Gasteiger partial charge >= 0.3 is 0 Å². The minimum atomic E-state index is 0.396. The fourth-order valence-electron chi connectivity index (χ4n) is 1.90. The molecule has 0 aromatic carbocycles. The summed E-state index contributed by atoms with van der Waals surface area (Å²) in [6, 6.07) is 3.76. The Morgan fingerprint density at radius 2 is 2.13 bits per heavy atom. The first-order valence-corrected chi connectivity index (χ1v) is 5.23. The van der Waals surface area contributed by atoms with Crippen LogP contribution in [-0.2, 0) is 4.74 Å². The molecule has 78 valence electrons. The van der Waals surface area contributed by atoms with Crippen molar-refractivity contribution in [2.45, 2.75) is 18.8 Å². The highest BCUT2D eigenvalue weighted by Crippen LogP contribution is 2.28. The highest BCUT2D eigenvalue weighted by atomic mass is 16.5. The smallest absolute Gasteiger partial charge is 0.200 e. The molecule has 1 saturated heterocycles. The Kier molecular flexibility index (Phi) is 2.14. The van der Waals surface area contributed by atoms with E-state index in [4.69, 9.17) is 9.15 Å². The molecule has 0 saturated carbocycles. The van der Waals surface area contributed by atoms with Crippen molar-refractivity contribution in [1.82, 2.24) is 9.97 Å². The van der Waals surface area contributed by atoms with Gasteiger partial charge in [-0.3, -0.25) is 0 Å². The molecule has 4 heteroatoms. The molecule has 2 aromatic rings. The quantitative estimate of drug-likeness (QED) is 0.713. The second-order valence-corrected chi connectivity index (χ2v) is 3.76. The van der Waals surface area contributed by atoms with Gasteiger partial charge in [0, 0.05) is 25.3 Å². The molecule has 0 aliphatic carbocycles. The molecular formula is C11H12N2O2. The van der Waals surface area contributed by atoms with E-state index in [1.165, 1.54) is 0 Å². The molecule has 1 aliphatic rings. The molecule has 3 heterocycles. The molecule has 15 heavy (non-hydrogen) atoms. The summed E-state index contributed by atoms with van der Waals surface area (Å²) in [5.41, 5.74) is 1.48. The number of ether oxygens (including phenoxy) is 1. The summed E-state index contributed by atoms with van der Waals surface area (Å²) < 4.78 is 11.0. The first-order chi connectivity index (χ1) is 7.43. The zero-order valence-corrected chi connectivity index (χ0v) is 8.35. The molecule has 1 aliphatic heterocycles. The van der Waals surface area contributed by atoms with E-state index in [0.29, 0.717) is 11.6 Å². The van der Waals surface area contributed by atoms with Gasteiger partial charge in [-0.1, -0.05) is 0 Å². The number of rotatable bonds is 1. The third-order valence-electron chi connectivity index (χ3n) is 2.75. The first-order valence-electron chi connectivity index (χ1n) is 5.23. The Hall–Kier alpha value is -1.42. The Balaban J connectivity index is 1.96. The number of aromatic nitrogens is 2. The van der Waals surface area contributed by atoms with Crippen molar-refractivity contribution in [1.29, 1.82) is 0 Å². The predicted octanol–water partition coefficient (Wildman–Crippen LogP) is 2.12. The molecular weight excluding hydrogens is 192 g/mol. The molecule has 0 radical (unpaired) electrons. The summed E-state index contributed by atoms with van der Waals surface area (Å²) in [5, 5.41) is 0. The standard InChI is InChI=1S/C11H12N2O2/c1-2-9-10(12-5-1)13-11(15-9)8-3-6-14-7-4-8/h1-2,5,8H,3-4,6-7H2. The number of nitrogens with zero attached hydrogens (tertiary/aromatic N) is 2. The lowest BCUT2D eigenvalue weighted by atomic mass is 10.0. The molecule has 0 bridgehead atoms. The van der Waals surface area contributed by atoms with Crippen LogP contribution >= 0.6 is 0 Å². The maximum atomic E-state index is 5.68. The van der Waals surface area contributed by atoms with Crippen molar-refractivity contribution in [3.63, 3.8) is 0 Å². The lowest BCUT2D eigenvalue weighted by molar-refractivity contribution is 0.0798. The third-order valence-corrected chi connectivity index (χ3v) is 2.75. The van der Waals surface area contributed by atoms with Crippen LogP contribution in [-0.4, -0.2) is 23.2 Å². The second-order valence-electron chi connectivity index (χ2n) is 3.76. The maximum Gasteiger partial charge on any atom is 0.200 e. The summed E-state index contributed by atoms with van der Waals surface area (Å²) in [7, 11) is 0. The Morgan fingerprint density at radius 3 is 2.93 bits per heavy atom. The molecule has 0 N–H and O–H groups in total. The average Bonchev–Trinajstić information content (AvgIpc) is 2.74. The van der Waals surface area contributed by atoms with Crippen molar-refractivity contribution in [2.24, 2.45) is 0 Å². The van der Waals surface area contributed by atoms with E-state index in [1.807, 2.05) is 12.1 Å². The number of pyridine rings is 1. The molecule has 0 amide bonds. The van der Waals surface area contributed by atoms with Crippen molar-refractivity contribution in [3.8, 4) is 0 Å². The summed E-state index contributed by atoms with van der Waals surface area (Å²) in [6.07, 6.45) is 3.72. The van der Waals surface area contributed by atoms with Crippen LogP contribution in [0.15, 0.2) is 22.7 Å². The maximum absolute atomic E-state index is 5.68. The zero-order valence-electron chi connectivity index (χ0n) is 8.35. The SMILES string of the molecule is c1cnc2nc(C3CCOCC3)oc2c1. The first kappa shape index (κ1) is 8.85. The molecule has 0 spiro atoms. The number of hydrogen-bond acceptors (Lipinski definition) is 4. The van der Waals surface area contributed by atoms with E-state index < -0.39 is 0 Å². The van der Waals surface area contributed by atoms with Crippen LogP contribution in [0.5, 0.6) is 0 Å². The normalized spacial score (nSPS) is 18.4. The van der Waals surface area contributed by atoms with Crippen LogP contribution < -0.4 is 0 Å². The lowest BCUT2D eigenvalue weighted by Crippen LogP contribution is -2.14. The molecule has 3 rings (SSSR count). The minimum Gasteiger partial charge on any atom is -0.439 e. The van der Waals surface area contributed by atoms with E-state index in [9.17, 15) is 0 Å². The van der Waals surface area contributed by atoms with Crippen molar-refractivity contribution in [2.75, 3.05) is 13.2 Å². The number of hydrogen-bond donors (Lipinski definition) is 0. The van der Waals surface area contributed by atoms with Gasteiger partial charge in [0.1, 0.15) is 0 Å². The molecule has 0 unspecified atom stereocenters. The van der Waals surface area contributed by atoms with Crippen LogP contribution in [0.1, 0.15) is 24.7 Å². The van der Waals surface area contributed by atoms with Crippen LogP contribution in [0.25, 0.3) is 11.2 Å². The number of fused-ring (bicyclic) bond motifs is 1. The van der Waals surface area contributed by atoms with Gasteiger partial charge in [-0.05, 0) is 25.0 Å². The Morgan fingerprint density at radius 1 is 1.27 bits per heavy atom. The molecule has 4 nitrogen and oxygen atoms in total. The van der Waals surface area contributed by atoms with Gasteiger partial charge in [-0.2, -0.15) is 4.98 Å². The van der Waals surface area contributed by atoms with Gasteiger partial charge in [0.25, 0.3) is 0 Å². The average molecular weight is 204 g/mol.